The van der Waals surface area contributed by atoms with Crippen molar-refractivity contribution < 1.29 is 4.42 Å². The minimum Gasteiger partial charge on any atom is -0.457 e. The minimum absolute atomic E-state index is 0.116. The number of allylic oxidation sites excluding steroid dienone is 1. The number of nitriles is 2. The zero-order valence-electron chi connectivity index (χ0n) is 15.9. The number of anilines is 1. The minimum atomic E-state index is 0.116. The smallest absolute Gasteiger partial charge is 0.145 e. The molecule has 2 heterocycles. The molecular weight excluding hydrogens is 433 g/mol. The fraction of sp³-hybridized carbons (Fsp3) is 0. The zero-order chi connectivity index (χ0) is 22.0. The number of rotatable bonds is 4. The van der Waals surface area contributed by atoms with Gasteiger partial charge in [0.15, 0.2) is 0 Å². The summed E-state index contributed by atoms with van der Waals surface area (Å²) in [5.41, 5.74) is 7.95. The molecule has 8 heteroatoms. The first-order valence-electron chi connectivity index (χ1n) is 9.02. The van der Waals surface area contributed by atoms with Crippen LogP contribution in [0.15, 0.2) is 65.1 Å². The molecule has 150 valence electrons. The number of halogens is 2. The van der Waals surface area contributed by atoms with Crippen molar-refractivity contribution in [1.82, 2.24) is 9.78 Å². The molecule has 0 fully saturated rings. The molecule has 0 aliphatic rings. The van der Waals surface area contributed by atoms with Crippen molar-refractivity contribution in [3.05, 3.63) is 87.7 Å². The summed E-state index contributed by atoms with van der Waals surface area (Å²) < 4.78 is 7.27. The first kappa shape index (κ1) is 20.3. The van der Waals surface area contributed by atoms with Crippen molar-refractivity contribution >= 4 is 40.7 Å². The fourth-order valence-electron chi connectivity index (χ4n) is 3.07. The van der Waals surface area contributed by atoms with Crippen LogP contribution >= 0.6 is 23.2 Å². The highest BCUT2D eigenvalue weighted by Crippen LogP contribution is 2.31. The second-order valence-electron chi connectivity index (χ2n) is 6.50. The van der Waals surface area contributed by atoms with Crippen LogP contribution in [-0.4, -0.2) is 9.78 Å². The summed E-state index contributed by atoms with van der Waals surface area (Å²) in [7, 11) is 0. The second kappa shape index (κ2) is 8.41. The van der Waals surface area contributed by atoms with E-state index in [1.54, 1.807) is 42.5 Å². The van der Waals surface area contributed by atoms with E-state index in [1.807, 2.05) is 24.3 Å². The quantitative estimate of drug-likeness (QED) is 0.390. The van der Waals surface area contributed by atoms with E-state index in [0.29, 0.717) is 32.8 Å². The molecule has 31 heavy (non-hydrogen) atoms. The Labute approximate surface area is 188 Å². The summed E-state index contributed by atoms with van der Waals surface area (Å²) in [5, 5.41) is 24.7. The van der Waals surface area contributed by atoms with Crippen molar-refractivity contribution in [3.63, 3.8) is 0 Å². The maximum Gasteiger partial charge on any atom is 0.145 e. The van der Waals surface area contributed by atoms with Crippen molar-refractivity contribution in [2.75, 3.05) is 5.73 Å². The highest BCUT2D eigenvalue weighted by molar-refractivity contribution is 6.35. The van der Waals surface area contributed by atoms with Gasteiger partial charge in [-0.25, -0.2) is 4.68 Å². The number of nitrogen functional groups attached to an aromatic ring is 1. The zero-order valence-corrected chi connectivity index (χ0v) is 17.4. The predicted molar refractivity (Wildman–Crippen MR) is 120 cm³/mol. The Kier molecular flexibility index (Phi) is 5.51. The standard InChI is InChI=1S/C23H13Cl2N5O/c24-16-8-14(9-17(25)11-16)21-7-6-19(31-21)10-15(12-26)22-20(13-27)23(28)30(29-22)18-4-2-1-3-5-18/h1-11H,28H2. The maximum absolute atomic E-state index is 9.73. The third-order valence-corrected chi connectivity index (χ3v) is 4.91. The lowest BCUT2D eigenvalue weighted by molar-refractivity contribution is 0.572. The molecule has 0 radical (unpaired) electrons. The SMILES string of the molecule is N#CC(=Cc1ccc(-c2cc(Cl)cc(Cl)c2)o1)c1nn(-c2ccccc2)c(N)c1C#N. The molecule has 0 aliphatic heterocycles. The van der Waals surface area contributed by atoms with Crippen LogP contribution in [0.4, 0.5) is 5.82 Å². The normalized spacial score (nSPS) is 11.2. The number of aromatic nitrogens is 2. The maximum atomic E-state index is 9.73. The van der Waals surface area contributed by atoms with Crippen molar-refractivity contribution in [2.45, 2.75) is 0 Å². The lowest BCUT2D eigenvalue weighted by Crippen LogP contribution is -2.02. The van der Waals surface area contributed by atoms with Gasteiger partial charge in [0.25, 0.3) is 0 Å². The van der Waals surface area contributed by atoms with Gasteiger partial charge in [0.2, 0.25) is 0 Å². The molecule has 0 atom stereocenters. The molecule has 0 unspecified atom stereocenters. The Morgan fingerprint density at radius 2 is 1.74 bits per heavy atom. The van der Waals surface area contributed by atoms with E-state index >= 15 is 0 Å². The Morgan fingerprint density at radius 1 is 1.03 bits per heavy atom. The van der Waals surface area contributed by atoms with Crippen LogP contribution in [0.25, 0.3) is 28.7 Å². The monoisotopic (exact) mass is 445 g/mol. The van der Waals surface area contributed by atoms with Gasteiger partial charge in [-0.3, -0.25) is 0 Å². The van der Waals surface area contributed by atoms with Crippen LogP contribution in [0.2, 0.25) is 10.0 Å². The van der Waals surface area contributed by atoms with Crippen LogP contribution in [0.5, 0.6) is 0 Å². The fourth-order valence-corrected chi connectivity index (χ4v) is 3.60. The van der Waals surface area contributed by atoms with E-state index in [-0.39, 0.29) is 22.6 Å². The number of nitrogens with zero attached hydrogens (tertiary/aromatic N) is 4. The summed E-state index contributed by atoms with van der Waals surface area (Å²) in [4.78, 5) is 0. The van der Waals surface area contributed by atoms with Gasteiger partial charge in [0.1, 0.15) is 40.7 Å². The van der Waals surface area contributed by atoms with Crippen molar-refractivity contribution in [3.8, 4) is 29.1 Å². The molecule has 0 saturated carbocycles. The second-order valence-corrected chi connectivity index (χ2v) is 7.37. The Hall–Kier alpha value is -3.97. The Balaban J connectivity index is 1.76. The Morgan fingerprint density at radius 3 is 2.39 bits per heavy atom. The van der Waals surface area contributed by atoms with Gasteiger partial charge < -0.3 is 10.2 Å². The number of hydrogen-bond acceptors (Lipinski definition) is 5. The highest BCUT2D eigenvalue weighted by atomic mass is 35.5. The lowest BCUT2D eigenvalue weighted by atomic mass is 10.1. The first-order chi connectivity index (χ1) is 15.0. The number of para-hydroxylation sites is 1. The molecule has 0 bridgehead atoms. The number of furan rings is 1. The molecule has 2 N–H and O–H groups in total. The Bertz CT molecular complexity index is 1370. The number of benzene rings is 2. The summed E-state index contributed by atoms with van der Waals surface area (Å²) in [5.74, 6) is 1.08. The molecule has 0 aliphatic carbocycles. The summed E-state index contributed by atoms with van der Waals surface area (Å²) >= 11 is 12.1. The van der Waals surface area contributed by atoms with E-state index in [2.05, 4.69) is 11.2 Å². The molecule has 4 rings (SSSR count). The van der Waals surface area contributed by atoms with E-state index in [9.17, 15) is 10.5 Å². The molecule has 2 aromatic heterocycles. The van der Waals surface area contributed by atoms with E-state index in [1.165, 1.54) is 10.8 Å². The molecular formula is C23H13Cl2N5O. The predicted octanol–water partition coefficient (Wildman–Crippen LogP) is 5.96. The highest BCUT2D eigenvalue weighted by Gasteiger charge is 2.20. The molecule has 0 spiro atoms. The van der Waals surface area contributed by atoms with Crippen LogP contribution in [0, 0.1) is 22.7 Å². The first-order valence-corrected chi connectivity index (χ1v) is 9.78. The van der Waals surface area contributed by atoms with Crippen LogP contribution in [0.1, 0.15) is 17.0 Å². The van der Waals surface area contributed by atoms with Gasteiger partial charge >= 0.3 is 0 Å². The molecule has 6 nitrogen and oxygen atoms in total. The topological polar surface area (TPSA) is 105 Å². The average Bonchev–Trinajstić information content (AvgIpc) is 3.36. The van der Waals surface area contributed by atoms with Crippen molar-refractivity contribution in [1.29, 1.82) is 10.5 Å². The van der Waals surface area contributed by atoms with Gasteiger partial charge in [-0.2, -0.15) is 15.6 Å². The molecule has 0 amide bonds. The van der Waals surface area contributed by atoms with Gasteiger partial charge in [0, 0.05) is 21.7 Å². The third-order valence-electron chi connectivity index (χ3n) is 4.47. The summed E-state index contributed by atoms with van der Waals surface area (Å²) in [6.07, 6.45) is 1.51. The number of nitrogens with two attached hydrogens (primary N) is 1. The van der Waals surface area contributed by atoms with Crippen molar-refractivity contribution in [2.24, 2.45) is 0 Å². The largest absolute Gasteiger partial charge is 0.457 e. The van der Waals surface area contributed by atoms with Gasteiger partial charge in [-0.1, -0.05) is 41.4 Å². The summed E-state index contributed by atoms with van der Waals surface area (Å²) in [6, 6.07) is 21.8. The molecule has 0 saturated heterocycles. The van der Waals surface area contributed by atoms with Crippen LogP contribution in [0.3, 0.4) is 0 Å². The molecule has 4 aromatic rings. The number of hydrogen-bond donors (Lipinski definition) is 1. The van der Waals surface area contributed by atoms with Gasteiger partial charge in [0.05, 0.1) is 11.3 Å². The van der Waals surface area contributed by atoms with E-state index < -0.39 is 0 Å². The third kappa shape index (κ3) is 4.04. The molecule has 2 aromatic carbocycles. The van der Waals surface area contributed by atoms with Gasteiger partial charge in [-0.05, 0) is 42.5 Å². The van der Waals surface area contributed by atoms with E-state index in [4.69, 9.17) is 33.4 Å². The lowest BCUT2D eigenvalue weighted by Gasteiger charge is -2.02. The van der Waals surface area contributed by atoms with E-state index in [0.717, 1.165) is 0 Å². The summed E-state index contributed by atoms with van der Waals surface area (Å²) in [6.45, 7) is 0. The van der Waals surface area contributed by atoms with Gasteiger partial charge in [-0.15, -0.1) is 0 Å². The van der Waals surface area contributed by atoms with Crippen LogP contribution in [-0.2, 0) is 0 Å². The average molecular weight is 446 g/mol. The van der Waals surface area contributed by atoms with Crippen LogP contribution < -0.4 is 5.73 Å².